The molecule has 1 fully saturated rings. The Morgan fingerprint density at radius 2 is 1.81 bits per heavy atom. The first-order chi connectivity index (χ1) is 12.4. The second-order valence-corrected chi connectivity index (χ2v) is 8.79. The number of fused-ring (bicyclic) bond motifs is 1. The first kappa shape index (κ1) is 17.1. The minimum absolute atomic E-state index is 0.0904. The Morgan fingerprint density at radius 3 is 2.50 bits per heavy atom. The van der Waals surface area contributed by atoms with Gasteiger partial charge < -0.3 is 9.88 Å². The molecule has 1 amide bonds. The summed E-state index contributed by atoms with van der Waals surface area (Å²) in [5, 5.41) is 4.00. The molecule has 1 aromatic heterocycles. The first-order valence-electron chi connectivity index (χ1n) is 8.33. The molecule has 2 aromatic carbocycles. The van der Waals surface area contributed by atoms with E-state index in [1.807, 2.05) is 12.1 Å². The van der Waals surface area contributed by atoms with Crippen LogP contribution in [0.3, 0.4) is 0 Å². The third kappa shape index (κ3) is 3.22. The zero-order valence-electron chi connectivity index (χ0n) is 13.9. The second-order valence-electron chi connectivity index (χ2n) is 6.44. The lowest BCUT2D eigenvalue weighted by Gasteiger charge is -2.05. The Hall–Kier alpha value is -2.31. The molecule has 1 saturated carbocycles. The summed E-state index contributed by atoms with van der Waals surface area (Å²) < 4.78 is 27.9. The normalized spacial score (nSPS) is 14.5. The van der Waals surface area contributed by atoms with Crippen molar-refractivity contribution >= 4 is 38.2 Å². The predicted molar refractivity (Wildman–Crippen MR) is 100 cm³/mol. The van der Waals surface area contributed by atoms with Crippen molar-refractivity contribution in [2.24, 2.45) is 0 Å². The van der Waals surface area contributed by atoms with E-state index >= 15 is 0 Å². The standard InChI is InChI=1S/C19H17ClN2O3S/c20-13-5-9-15(10-6-13)26(24,25)18-11-22(12-19(23)21-14-7-8-14)17-4-2-1-3-16(17)18/h1-6,9-11,14H,7-8,12H2,(H,21,23). The van der Waals surface area contributed by atoms with Crippen molar-refractivity contribution in [3.63, 3.8) is 0 Å². The predicted octanol–water partition coefficient (Wildman–Crippen LogP) is 3.41. The number of amides is 1. The van der Waals surface area contributed by atoms with Gasteiger partial charge in [0, 0.05) is 28.2 Å². The molecule has 7 heteroatoms. The van der Waals surface area contributed by atoms with Crippen molar-refractivity contribution in [3.05, 3.63) is 59.8 Å². The van der Waals surface area contributed by atoms with Crippen molar-refractivity contribution in [1.29, 1.82) is 0 Å². The molecule has 0 bridgehead atoms. The minimum Gasteiger partial charge on any atom is -0.352 e. The molecule has 0 spiro atoms. The van der Waals surface area contributed by atoms with Gasteiger partial charge in [0.25, 0.3) is 0 Å². The Morgan fingerprint density at radius 1 is 1.12 bits per heavy atom. The van der Waals surface area contributed by atoms with Gasteiger partial charge in [0.05, 0.1) is 9.79 Å². The van der Waals surface area contributed by atoms with Gasteiger partial charge in [-0.25, -0.2) is 8.42 Å². The van der Waals surface area contributed by atoms with Crippen LogP contribution in [0, 0.1) is 0 Å². The van der Waals surface area contributed by atoms with Crippen LogP contribution in [-0.4, -0.2) is 24.9 Å². The molecule has 134 valence electrons. The van der Waals surface area contributed by atoms with E-state index in [0.29, 0.717) is 15.9 Å². The number of carbonyl (C=O) groups is 1. The Labute approximate surface area is 156 Å². The molecule has 5 nitrogen and oxygen atoms in total. The van der Waals surface area contributed by atoms with Gasteiger partial charge in [-0.15, -0.1) is 0 Å². The number of benzene rings is 2. The number of nitrogens with one attached hydrogen (secondary N) is 1. The van der Waals surface area contributed by atoms with Crippen LogP contribution in [0.25, 0.3) is 10.9 Å². The van der Waals surface area contributed by atoms with E-state index in [0.717, 1.165) is 12.8 Å². The van der Waals surface area contributed by atoms with Gasteiger partial charge in [-0.1, -0.05) is 29.8 Å². The number of hydrogen-bond donors (Lipinski definition) is 1. The highest BCUT2D eigenvalue weighted by molar-refractivity contribution is 7.91. The van der Waals surface area contributed by atoms with Gasteiger partial charge in [-0.2, -0.15) is 0 Å². The third-order valence-electron chi connectivity index (χ3n) is 4.42. The number of hydrogen-bond acceptors (Lipinski definition) is 3. The number of para-hydroxylation sites is 1. The van der Waals surface area contributed by atoms with Gasteiger partial charge >= 0.3 is 0 Å². The third-order valence-corrected chi connectivity index (χ3v) is 6.47. The molecular formula is C19H17ClN2O3S. The molecule has 0 unspecified atom stereocenters. The summed E-state index contributed by atoms with van der Waals surface area (Å²) in [6.45, 7) is 0.0904. The molecule has 3 aromatic rings. The number of carbonyl (C=O) groups excluding carboxylic acids is 1. The number of aromatic nitrogens is 1. The summed E-state index contributed by atoms with van der Waals surface area (Å²) in [5.74, 6) is -0.108. The average Bonchev–Trinajstić information content (AvgIpc) is 3.35. The van der Waals surface area contributed by atoms with Crippen LogP contribution >= 0.6 is 11.6 Å². The minimum atomic E-state index is -3.72. The van der Waals surface area contributed by atoms with Crippen molar-refractivity contribution < 1.29 is 13.2 Å². The summed E-state index contributed by atoms with van der Waals surface area (Å²) in [7, 11) is -3.72. The topological polar surface area (TPSA) is 68.2 Å². The Kier molecular flexibility index (Phi) is 4.25. The maximum atomic E-state index is 13.1. The van der Waals surface area contributed by atoms with Crippen molar-refractivity contribution in [1.82, 2.24) is 9.88 Å². The second kappa shape index (κ2) is 6.45. The molecule has 0 aliphatic heterocycles. The van der Waals surface area contributed by atoms with Gasteiger partial charge in [0.1, 0.15) is 6.54 Å². The zero-order valence-corrected chi connectivity index (χ0v) is 15.4. The van der Waals surface area contributed by atoms with Gasteiger partial charge in [0.15, 0.2) is 0 Å². The molecule has 1 N–H and O–H groups in total. The highest BCUT2D eigenvalue weighted by Crippen LogP contribution is 2.30. The van der Waals surface area contributed by atoms with Gasteiger partial charge in [-0.05, 0) is 43.2 Å². The monoisotopic (exact) mass is 388 g/mol. The van der Waals surface area contributed by atoms with Crippen LogP contribution in [-0.2, 0) is 21.2 Å². The Bertz CT molecular complexity index is 1080. The first-order valence-corrected chi connectivity index (χ1v) is 10.2. The number of rotatable bonds is 5. The lowest BCUT2D eigenvalue weighted by molar-refractivity contribution is -0.121. The number of nitrogens with zero attached hydrogens (tertiary/aromatic N) is 1. The van der Waals surface area contributed by atoms with Gasteiger partial charge in [-0.3, -0.25) is 4.79 Å². The molecule has 0 radical (unpaired) electrons. The summed E-state index contributed by atoms with van der Waals surface area (Å²) in [6, 6.07) is 13.5. The van der Waals surface area contributed by atoms with Crippen LogP contribution in [0.1, 0.15) is 12.8 Å². The van der Waals surface area contributed by atoms with Crippen LogP contribution < -0.4 is 5.32 Å². The quantitative estimate of drug-likeness (QED) is 0.728. The van der Waals surface area contributed by atoms with Crippen molar-refractivity contribution in [2.45, 2.75) is 35.2 Å². The van der Waals surface area contributed by atoms with E-state index in [2.05, 4.69) is 5.32 Å². The van der Waals surface area contributed by atoms with Crippen LogP contribution in [0.4, 0.5) is 0 Å². The largest absolute Gasteiger partial charge is 0.352 e. The van der Waals surface area contributed by atoms with E-state index in [1.54, 1.807) is 35.0 Å². The number of sulfone groups is 1. The molecule has 1 aliphatic carbocycles. The van der Waals surface area contributed by atoms with E-state index in [4.69, 9.17) is 11.6 Å². The smallest absolute Gasteiger partial charge is 0.240 e. The van der Waals surface area contributed by atoms with Crippen LogP contribution in [0.15, 0.2) is 64.5 Å². The van der Waals surface area contributed by atoms with Gasteiger partial charge in [0.2, 0.25) is 15.7 Å². The molecule has 26 heavy (non-hydrogen) atoms. The van der Waals surface area contributed by atoms with Crippen molar-refractivity contribution in [2.75, 3.05) is 0 Å². The zero-order chi connectivity index (χ0) is 18.3. The molecule has 0 atom stereocenters. The summed E-state index contributed by atoms with van der Waals surface area (Å²) in [6.07, 6.45) is 3.56. The fourth-order valence-corrected chi connectivity index (χ4v) is 4.56. The summed E-state index contributed by atoms with van der Waals surface area (Å²) in [4.78, 5) is 12.5. The summed E-state index contributed by atoms with van der Waals surface area (Å²) >= 11 is 5.87. The maximum Gasteiger partial charge on any atom is 0.240 e. The van der Waals surface area contributed by atoms with Crippen LogP contribution in [0.5, 0.6) is 0 Å². The molecule has 0 saturated heterocycles. The number of halogens is 1. The van der Waals surface area contributed by atoms with Crippen molar-refractivity contribution in [3.8, 4) is 0 Å². The molecule has 1 heterocycles. The van der Waals surface area contributed by atoms with Crippen LogP contribution in [0.2, 0.25) is 5.02 Å². The Balaban J connectivity index is 1.77. The lowest BCUT2D eigenvalue weighted by Crippen LogP contribution is -2.29. The lowest BCUT2D eigenvalue weighted by atomic mass is 10.2. The maximum absolute atomic E-state index is 13.1. The van der Waals surface area contributed by atoms with E-state index in [1.165, 1.54) is 12.1 Å². The van der Waals surface area contributed by atoms with E-state index in [-0.39, 0.29) is 28.3 Å². The van der Waals surface area contributed by atoms with E-state index < -0.39 is 9.84 Å². The fraction of sp³-hybridized carbons (Fsp3) is 0.211. The molecule has 4 rings (SSSR count). The SMILES string of the molecule is O=C(Cn1cc(S(=O)(=O)c2ccc(Cl)cc2)c2ccccc21)NC1CC1. The highest BCUT2D eigenvalue weighted by Gasteiger charge is 2.26. The highest BCUT2D eigenvalue weighted by atomic mass is 35.5. The molecular weight excluding hydrogens is 372 g/mol. The summed E-state index contributed by atoms with van der Waals surface area (Å²) in [5.41, 5.74) is 0.714. The fourth-order valence-electron chi connectivity index (χ4n) is 2.95. The average molecular weight is 389 g/mol. The molecule has 1 aliphatic rings. The van der Waals surface area contributed by atoms with E-state index in [9.17, 15) is 13.2 Å².